The molecule has 0 atom stereocenters. The van der Waals surface area contributed by atoms with Crippen LogP contribution in [0, 0.1) is 5.82 Å². The summed E-state index contributed by atoms with van der Waals surface area (Å²) in [5.74, 6) is -0.235. The van der Waals surface area contributed by atoms with Crippen LogP contribution >= 0.6 is 0 Å². The van der Waals surface area contributed by atoms with Crippen LogP contribution in [-0.4, -0.2) is 0 Å². The first-order chi connectivity index (χ1) is 10.3. The van der Waals surface area contributed by atoms with Gasteiger partial charge in [-0.25, -0.2) is 8.81 Å². The predicted molar refractivity (Wildman–Crippen MR) is 83.5 cm³/mol. The molecule has 0 saturated carbocycles. The molecule has 0 aliphatic carbocycles. The van der Waals surface area contributed by atoms with E-state index in [-0.39, 0.29) is 5.82 Å². The molecule has 0 bridgehead atoms. The molecule has 0 aliphatic rings. The van der Waals surface area contributed by atoms with Crippen molar-refractivity contribution in [1.82, 2.24) is 0 Å². The molecule has 2 heteroatoms. The molecule has 1 heterocycles. The Hall–Kier alpha value is -2.74. The highest BCUT2D eigenvalue weighted by Gasteiger charge is 2.19. The lowest BCUT2D eigenvalue weighted by Crippen LogP contribution is -1.86. The minimum absolute atomic E-state index is 0.235. The highest BCUT2D eigenvalue weighted by Crippen LogP contribution is 2.36. The molecule has 0 N–H and O–H groups in total. The van der Waals surface area contributed by atoms with Crippen LogP contribution in [0.3, 0.4) is 0 Å². The summed E-state index contributed by atoms with van der Waals surface area (Å²) in [5, 5.41) is 1.98. The lowest BCUT2D eigenvalue weighted by atomic mass is 9.97. The quantitative estimate of drug-likeness (QED) is 0.321. The number of hydrogen-bond donors (Lipinski definition) is 0. The first-order valence-corrected chi connectivity index (χ1v) is 6.82. The topological polar surface area (TPSA) is 11.3 Å². The molecule has 0 aliphatic heterocycles. The monoisotopic (exact) mass is 275 g/mol. The first-order valence-electron chi connectivity index (χ1n) is 6.82. The summed E-state index contributed by atoms with van der Waals surface area (Å²) in [6, 6.07) is 22.4. The molecule has 0 radical (unpaired) electrons. The Labute approximate surface area is 121 Å². The SMILES string of the molecule is Fc1cccc(-c2c3ccccc3[o+]c3ccccc23)c1. The van der Waals surface area contributed by atoms with Gasteiger partial charge in [-0.1, -0.05) is 36.4 Å². The van der Waals surface area contributed by atoms with Crippen LogP contribution < -0.4 is 0 Å². The molecule has 0 saturated heterocycles. The average molecular weight is 275 g/mol. The Morgan fingerprint density at radius 2 is 1.29 bits per heavy atom. The minimum atomic E-state index is -0.235. The predicted octanol–water partition coefficient (Wildman–Crippen LogP) is 5.67. The van der Waals surface area contributed by atoms with Crippen LogP contribution in [0.1, 0.15) is 0 Å². The van der Waals surface area contributed by atoms with E-state index in [0.29, 0.717) is 0 Å². The Kier molecular flexibility index (Phi) is 2.68. The van der Waals surface area contributed by atoms with Crippen LogP contribution in [-0.2, 0) is 0 Å². The Morgan fingerprint density at radius 3 is 1.90 bits per heavy atom. The van der Waals surface area contributed by atoms with Gasteiger partial charge in [-0.05, 0) is 29.8 Å². The Bertz CT molecular complexity index is 906. The summed E-state index contributed by atoms with van der Waals surface area (Å²) in [5.41, 5.74) is 3.47. The van der Waals surface area contributed by atoms with Gasteiger partial charge in [-0.2, -0.15) is 0 Å². The zero-order valence-corrected chi connectivity index (χ0v) is 11.2. The number of hydrogen-bond acceptors (Lipinski definition) is 0. The molecule has 1 aromatic heterocycles. The van der Waals surface area contributed by atoms with Gasteiger partial charge in [-0.15, -0.1) is 0 Å². The van der Waals surface area contributed by atoms with Gasteiger partial charge in [0.15, 0.2) is 0 Å². The van der Waals surface area contributed by atoms with Crippen LogP contribution in [0.2, 0.25) is 0 Å². The zero-order valence-electron chi connectivity index (χ0n) is 11.2. The van der Waals surface area contributed by atoms with Gasteiger partial charge in [0.05, 0.1) is 10.8 Å². The van der Waals surface area contributed by atoms with Crippen molar-refractivity contribution >= 4 is 21.9 Å². The largest absolute Gasteiger partial charge is 0.361 e. The van der Waals surface area contributed by atoms with E-state index in [1.807, 2.05) is 54.6 Å². The second kappa shape index (κ2) is 4.67. The first kappa shape index (κ1) is 12.0. The van der Waals surface area contributed by atoms with E-state index < -0.39 is 0 Å². The fourth-order valence-corrected chi connectivity index (χ4v) is 2.74. The van der Waals surface area contributed by atoms with E-state index in [1.165, 1.54) is 6.07 Å². The van der Waals surface area contributed by atoms with Crippen LogP contribution in [0.4, 0.5) is 4.39 Å². The fourth-order valence-electron chi connectivity index (χ4n) is 2.74. The normalized spacial score (nSPS) is 11.1. The van der Waals surface area contributed by atoms with Crippen molar-refractivity contribution in [2.75, 3.05) is 0 Å². The third kappa shape index (κ3) is 1.96. The molecule has 3 aromatic carbocycles. The average Bonchev–Trinajstić information content (AvgIpc) is 2.52. The number of fused-ring (bicyclic) bond motifs is 2. The molecule has 0 amide bonds. The van der Waals surface area contributed by atoms with E-state index >= 15 is 0 Å². The molecule has 0 unspecified atom stereocenters. The lowest BCUT2D eigenvalue weighted by molar-refractivity contribution is 0.628. The number of rotatable bonds is 1. The molecule has 100 valence electrons. The smallest absolute Gasteiger partial charge is 0.207 e. The van der Waals surface area contributed by atoms with E-state index in [2.05, 4.69) is 0 Å². The minimum Gasteiger partial charge on any atom is -0.207 e. The summed E-state index contributed by atoms with van der Waals surface area (Å²) in [4.78, 5) is 0. The van der Waals surface area contributed by atoms with Crippen molar-refractivity contribution in [3.8, 4) is 11.1 Å². The van der Waals surface area contributed by atoms with Gasteiger partial charge in [0.2, 0.25) is 0 Å². The second-order valence-corrected chi connectivity index (χ2v) is 4.98. The van der Waals surface area contributed by atoms with Gasteiger partial charge in [0.1, 0.15) is 5.82 Å². The number of benzene rings is 3. The highest BCUT2D eigenvalue weighted by molar-refractivity contribution is 6.07. The standard InChI is InChI=1S/C19H12FO/c20-14-7-5-6-13(12-14)19-15-8-1-3-10-17(15)21-18-11-4-2-9-16(18)19/h1-12H/q+1. The summed E-state index contributed by atoms with van der Waals surface area (Å²) in [6.07, 6.45) is 0. The van der Waals surface area contributed by atoms with Gasteiger partial charge >= 0.3 is 11.2 Å². The second-order valence-electron chi connectivity index (χ2n) is 4.98. The van der Waals surface area contributed by atoms with E-state index in [0.717, 1.165) is 33.1 Å². The molecule has 21 heavy (non-hydrogen) atoms. The van der Waals surface area contributed by atoms with Gasteiger partial charge in [-0.3, -0.25) is 0 Å². The van der Waals surface area contributed by atoms with Crippen molar-refractivity contribution in [2.45, 2.75) is 0 Å². The molecular formula is C19H12FO+. The summed E-state index contributed by atoms with van der Waals surface area (Å²) >= 11 is 0. The third-order valence-corrected chi connectivity index (χ3v) is 3.65. The fraction of sp³-hybridized carbons (Fsp3) is 0. The van der Waals surface area contributed by atoms with Gasteiger partial charge in [0, 0.05) is 17.7 Å². The Balaban J connectivity index is 2.21. The van der Waals surface area contributed by atoms with Crippen molar-refractivity contribution in [3.05, 3.63) is 78.6 Å². The maximum atomic E-state index is 13.6. The summed E-state index contributed by atoms with van der Waals surface area (Å²) in [6.45, 7) is 0. The maximum Gasteiger partial charge on any atom is 0.361 e. The van der Waals surface area contributed by atoms with Crippen molar-refractivity contribution in [3.63, 3.8) is 0 Å². The number of para-hydroxylation sites is 2. The number of halogens is 1. The Morgan fingerprint density at radius 1 is 0.667 bits per heavy atom. The molecular weight excluding hydrogens is 263 g/mol. The highest BCUT2D eigenvalue weighted by atomic mass is 19.1. The molecule has 4 rings (SSSR count). The third-order valence-electron chi connectivity index (χ3n) is 3.65. The maximum absolute atomic E-state index is 13.6. The van der Waals surface area contributed by atoms with Crippen molar-refractivity contribution in [1.29, 1.82) is 0 Å². The summed E-state index contributed by atoms with van der Waals surface area (Å²) < 4.78 is 19.6. The molecule has 1 nitrogen and oxygen atoms in total. The zero-order chi connectivity index (χ0) is 14.2. The van der Waals surface area contributed by atoms with Gasteiger partial charge in [0.25, 0.3) is 0 Å². The van der Waals surface area contributed by atoms with Crippen LogP contribution in [0.25, 0.3) is 33.1 Å². The van der Waals surface area contributed by atoms with E-state index in [1.54, 1.807) is 12.1 Å². The molecule has 4 aromatic rings. The molecule has 0 fully saturated rings. The molecule has 0 spiro atoms. The van der Waals surface area contributed by atoms with E-state index in [4.69, 9.17) is 4.42 Å². The van der Waals surface area contributed by atoms with Crippen molar-refractivity contribution < 1.29 is 8.81 Å². The lowest BCUT2D eigenvalue weighted by Gasteiger charge is -2.05. The van der Waals surface area contributed by atoms with E-state index in [9.17, 15) is 4.39 Å². The summed E-state index contributed by atoms with van der Waals surface area (Å²) in [7, 11) is 0. The van der Waals surface area contributed by atoms with Crippen LogP contribution in [0.5, 0.6) is 0 Å². The van der Waals surface area contributed by atoms with Gasteiger partial charge < -0.3 is 0 Å². The van der Waals surface area contributed by atoms with Crippen LogP contribution in [0.15, 0.2) is 77.2 Å². The van der Waals surface area contributed by atoms with Crippen molar-refractivity contribution in [2.24, 2.45) is 0 Å².